The van der Waals surface area contributed by atoms with E-state index >= 15 is 0 Å². The second-order valence-corrected chi connectivity index (χ2v) is 5.86. The summed E-state index contributed by atoms with van der Waals surface area (Å²) in [6, 6.07) is 16.9. The van der Waals surface area contributed by atoms with Gasteiger partial charge in [0.1, 0.15) is 0 Å². The van der Waals surface area contributed by atoms with E-state index in [1.54, 1.807) is 0 Å². The third-order valence-electron chi connectivity index (χ3n) is 3.52. The van der Waals surface area contributed by atoms with Crippen molar-refractivity contribution in [2.75, 3.05) is 25.5 Å². The highest BCUT2D eigenvalue weighted by molar-refractivity contribution is 6.30. The van der Waals surface area contributed by atoms with Gasteiger partial charge in [-0.1, -0.05) is 42.8 Å². The first kappa shape index (κ1) is 15.9. The Hall–Kier alpha value is -1.51. The van der Waals surface area contributed by atoms with Gasteiger partial charge in [-0.25, -0.2) is 0 Å². The van der Waals surface area contributed by atoms with Crippen molar-refractivity contribution >= 4 is 17.3 Å². The zero-order valence-corrected chi connectivity index (χ0v) is 13.7. The van der Waals surface area contributed by atoms with Crippen LogP contribution in [-0.4, -0.2) is 20.6 Å². The second kappa shape index (κ2) is 7.48. The van der Waals surface area contributed by atoms with E-state index in [1.165, 1.54) is 16.8 Å². The topological polar surface area (TPSA) is 15.3 Å². The van der Waals surface area contributed by atoms with E-state index < -0.39 is 0 Å². The Morgan fingerprint density at radius 3 is 2.33 bits per heavy atom. The van der Waals surface area contributed by atoms with Gasteiger partial charge < -0.3 is 10.2 Å². The summed E-state index contributed by atoms with van der Waals surface area (Å²) in [7, 11) is 4.11. The summed E-state index contributed by atoms with van der Waals surface area (Å²) in [5, 5.41) is 4.38. The second-order valence-electron chi connectivity index (χ2n) is 5.43. The van der Waals surface area contributed by atoms with Crippen LogP contribution in [0.3, 0.4) is 0 Å². The molecule has 0 aliphatic heterocycles. The molecule has 0 saturated heterocycles. The summed E-state index contributed by atoms with van der Waals surface area (Å²) in [5.41, 5.74) is 3.67. The average molecular weight is 303 g/mol. The van der Waals surface area contributed by atoms with Gasteiger partial charge in [0.05, 0.1) is 6.04 Å². The highest BCUT2D eigenvalue weighted by Crippen LogP contribution is 2.26. The van der Waals surface area contributed by atoms with Gasteiger partial charge in [-0.05, 0) is 48.4 Å². The molecule has 0 radical (unpaired) electrons. The normalized spacial score (nSPS) is 12.2. The smallest absolute Gasteiger partial charge is 0.0577 e. The summed E-state index contributed by atoms with van der Waals surface area (Å²) in [6.45, 7) is 3.16. The van der Waals surface area contributed by atoms with Crippen LogP contribution >= 0.6 is 11.6 Å². The Labute approximate surface area is 132 Å². The lowest BCUT2D eigenvalue weighted by molar-refractivity contribution is 0.598. The van der Waals surface area contributed by atoms with Crippen molar-refractivity contribution in [2.24, 2.45) is 0 Å². The predicted molar refractivity (Wildman–Crippen MR) is 92.4 cm³/mol. The van der Waals surface area contributed by atoms with Crippen molar-refractivity contribution in [3.63, 3.8) is 0 Å². The Morgan fingerprint density at radius 2 is 1.76 bits per heavy atom. The molecule has 0 saturated carbocycles. The standard InChI is InChI=1S/C18H23ClN2/c1-4-12-20-18(15-6-5-7-16(19)13-15)14-8-10-17(11-9-14)21(2)3/h5-11,13,18,20H,4,12H2,1-3H3. The van der Waals surface area contributed by atoms with Gasteiger partial charge in [-0.2, -0.15) is 0 Å². The quantitative estimate of drug-likeness (QED) is 0.845. The van der Waals surface area contributed by atoms with Crippen LogP contribution in [0.2, 0.25) is 5.02 Å². The molecule has 0 bridgehead atoms. The number of rotatable bonds is 6. The molecule has 0 spiro atoms. The molecule has 1 unspecified atom stereocenters. The molecule has 1 N–H and O–H groups in total. The predicted octanol–water partition coefficient (Wildman–Crippen LogP) is 4.50. The molecule has 3 heteroatoms. The van der Waals surface area contributed by atoms with Crippen LogP contribution in [-0.2, 0) is 0 Å². The van der Waals surface area contributed by atoms with Crippen molar-refractivity contribution in [3.8, 4) is 0 Å². The van der Waals surface area contributed by atoms with Crippen molar-refractivity contribution in [1.82, 2.24) is 5.32 Å². The van der Waals surface area contributed by atoms with Crippen molar-refractivity contribution < 1.29 is 0 Å². The molecule has 0 fully saturated rings. The Balaban J connectivity index is 2.31. The molecule has 112 valence electrons. The van der Waals surface area contributed by atoms with Crippen LogP contribution in [0.15, 0.2) is 48.5 Å². The molecule has 2 aromatic rings. The van der Waals surface area contributed by atoms with E-state index in [2.05, 4.69) is 61.6 Å². The van der Waals surface area contributed by atoms with Crippen LogP contribution in [0.25, 0.3) is 0 Å². The third-order valence-corrected chi connectivity index (χ3v) is 3.76. The number of hydrogen-bond donors (Lipinski definition) is 1. The molecule has 1 atom stereocenters. The van der Waals surface area contributed by atoms with E-state index in [9.17, 15) is 0 Å². The summed E-state index contributed by atoms with van der Waals surface area (Å²) in [6.07, 6.45) is 1.10. The van der Waals surface area contributed by atoms with Crippen molar-refractivity contribution in [2.45, 2.75) is 19.4 Å². The van der Waals surface area contributed by atoms with Crippen molar-refractivity contribution in [3.05, 3.63) is 64.7 Å². The van der Waals surface area contributed by atoms with E-state index in [-0.39, 0.29) is 6.04 Å². The molecule has 2 aromatic carbocycles. The van der Waals surface area contributed by atoms with Gasteiger partial charge in [-0.15, -0.1) is 0 Å². The first-order valence-corrected chi connectivity index (χ1v) is 7.75. The van der Waals surface area contributed by atoms with Gasteiger partial charge >= 0.3 is 0 Å². The van der Waals surface area contributed by atoms with Gasteiger partial charge in [0.15, 0.2) is 0 Å². The molecule has 2 nitrogen and oxygen atoms in total. The number of benzene rings is 2. The lowest BCUT2D eigenvalue weighted by Gasteiger charge is -2.21. The first-order valence-electron chi connectivity index (χ1n) is 7.38. The van der Waals surface area contributed by atoms with Crippen molar-refractivity contribution in [1.29, 1.82) is 0 Å². The number of nitrogens with one attached hydrogen (secondary N) is 1. The monoisotopic (exact) mass is 302 g/mol. The van der Waals surface area contributed by atoms with Crippen LogP contribution in [0, 0.1) is 0 Å². The Kier molecular flexibility index (Phi) is 5.66. The summed E-state index contributed by atoms with van der Waals surface area (Å²) < 4.78 is 0. The fraction of sp³-hybridized carbons (Fsp3) is 0.333. The molecule has 0 amide bonds. The maximum atomic E-state index is 6.14. The summed E-state index contributed by atoms with van der Waals surface area (Å²) in [5.74, 6) is 0. The summed E-state index contributed by atoms with van der Waals surface area (Å²) >= 11 is 6.14. The van der Waals surface area contributed by atoms with Gasteiger partial charge in [0.25, 0.3) is 0 Å². The lowest BCUT2D eigenvalue weighted by Crippen LogP contribution is -2.23. The highest BCUT2D eigenvalue weighted by atomic mass is 35.5. The minimum atomic E-state index is 0.180. The molecule has 2 rings (SSSR count). The molecule has 0 heterocycles. The minimum absolute atomic E-state index is 0.180. The molecule has 0 aliphatic rings. The van der Waals surface area contributed by atoms with Crippen LogP contribution in [0.1, 0.15) is 30.5 Å². The molecule has 21 heavy (non-hydrogen) atoms. The maximum Gasteiger partial charge on any atom is 0.0577 e. The largest absolute Gasteiger partial charge is 0.378 e. The minimum Gasteiger partial charge on any atom is -0.378 e. The van der Waals surface area contributed by atoms with E-state index in [0.29, 0.717) is 0 Å². The van der Waals surface area contributed by atoms with Crippen LogP contribution in [0.4, 0.5) is 5.69 Å². The molecular formula is C18H23ClN2. The first-order chi connectivity index (χ1) is 10.1. The van der Waals surface area contributed by atoms with E-state index in [1.807, 2.05) is 18.2 Å². The zero-order chi connectivity index (χ0) is 15.2. The number of anilines is 1. The van der Waals surface area contributed by atoms with Crippen LogP contribution < -0.4 is 10.2 Å². The molecule has 0 aliphatic carbocycles. The van der Waals surface area contributed by atoms with Gasteiger partial charge in [0.2, 0.25) is 0 Å². The fourth-order valence-electron chi connectivity index (χ4n) is 2.37. The maximum absolute atomic E-state index is 6.14. The van der Waals surface area contributed by atoms with E-state index in [4.69, 9.17) is 11.6 Å². The number of nitrogens with zero attached hydrogens (tertiary/aromatic N) is 1. The fourth-order valence-corrected chi connectivity index (χ4v) is 2.57. The SMILES string of the molecule is CCCNC(c1ccc(N(C)C)cc1)c1cccc(Cl)c1. The molecule has 0 aromatic heterocycles. The van der Waals surface area contributed by atoms with Gasteiger partial charge in [0, 0.05) is 24.8 Å². The lowest BCUT2D eigenvalue weighted by atomic mass is 9.98. The Morgan fingerprint density at radius 1 is 1.05 bits per heavy atom. The van der Waals surface area contributed by atoms with Crippen LogP contribution in [0.5, 0.6) is 0 Å². The van der Waals surface area contributed by atoms with E-state index in [0.717, 1.165) is 18.0 Å². The highest BCUT2D eigenvalue weighted by Gasteiger charge is 2.13. The van der Waals surface area contributed by atoms with Gasteiger partial charge in [-0.3, -0.25) is 0 Å². The summed E-state index contributed by atoms with van der Waals surface area (Å²) in [4.78, 5) is 2.11. The molecular weight excluding hydrogens is 280 g/mol. The average Bonchev–Trinajstić information content (AvgIpc) is 2.48. The zero-order valence-electron chi connectivity index (χ0n) is 12.9. The third kappa shape index (κ3) is 4.23. The Bertz CT molecular complexity index is 564. The number of hydrogen-bond acceptors (Lipinski definition) is 2. The number of halogens is 1.